The van der Waals surface area contributed by atoms with Crippen LogP contribution in [-0.2, 0) is 6.42 Å². The number of pyridine rings is 1. The average Bonchev–Trinajstić information content (AvgIpc) is 2.37. The van der Waals surface area contributed by atoms with Crippen molar-refractivity contribution in [3.05, 3.63) is 30.0 Å². The minimum absolute atomic E-state index is 0.106. The second kappa shape index (κ2) is 5.16. The standard InChI is InChI=1S/C13H14F2N2O/c1-3-8-7-10(16-2)9-5-4-6-11(12(9)17-8)18-13(14)15/h4-7,13H,3H2,1-2H3,(H,16,17). The first-order valence-corrected chi connectivity index (χ1v) is 5.71. The van der Waals surface area contributed by atoms with Crippen LogP contribution >= 0.6 is 0 Å². The van der Waals surface area contributed by atoms with Crippen molar-refractivity contribution in [2.24, 2.45) is 0 Å². The minimum atomic E-state index is -2.85. The van der Waals surface area contributed by atoms with E-state index < -0.39 is 6.61 Å². The van der Waals surface area contributed by atoms with Crippen molar-refractivity contribution in [2.45, 2.75) is 20.0 Å². The van der Waals surface area contributed by atoms with E-state index in [0.717, 1.165) is 23.2 Å². The number of benzene rings is 1. The van der Waals surface area contributed by atoms with Crippen molar-refractivity contribution in [3.8, 4) is 5.75 Å². The summed E-state index contributed by atoms with van der Waals surface area (Å²) < 4.78 is 29.2. The summed E-state index contributed by atoms with van der Waals surface area (Å²) >= 11 is 0. The summed E-state index contributed by atoms with van der Waals surface area (Å²) in [5.41, 5.74) is 2.15. The van der Waals surface area contributed by atoms with Crippen LogP contribution in [0.15, 0.2) is 24.3 Å². The first-order chi connectivity index (χ1) is 8.65. The lowest BCUT2D eigenvalue weighted by Gasteiger charge is -2.12. The monoisotopic (exact) mass is 252 g/mol. The molecule has 2 rings (SSSR count). The normalized spacial score (nSPS) is 10.9. The predicted molar refractivity (Wildman–Crippen MR) is 67.3 cm³/mol. The number of ether oxygens (including phenoxy) is 1. The summed E-state index contributed by atoms with van der Waals surface area (Å²) in [6, 6.07) is 6.91. The van der Waals surface area contributed by atoms with Gasteiger partial charge in [0.05, 0.1) is 0 Å². The van der Waals surface area contributed by atoms with E-state index in [4.69, 9.17) is 0 Å². The van der Waals surface area contributed by atoms with Crippen molar-refractivity contribution in [1.82, 2.24) is 4.98 Å². The molecule has 5 heteroatoms. The molecule has 0 aliphatic rings. The Kier molecular flexibility index (Phi) is 3.60. The molecule has 0 aliphatic heterocycles. The van der Waals surface area contributed by atoms with E-state index in [1.165, 1.54) is 6.07 Å². The fourth-order valence-electron chi connectivity index (χ4n) is 1.85. The Morgan fingerprint density at radius 3 is 2.78 bits per heavy atom. The molecule has 0 unspecified atom stereocenters. The first-order valence-electron chi connectivity index (χ1n) is 5.71. The third kappa shape index (κ3) is 2.34. The van der Waals surface area contributed by atoms with Crippen LogP contribution in [0.1, 0.15) is 12.6 Å². The second-order valence-corrected chi connectivity index (χ2v) is 3.80. The Labute approximate surface area is 104 Å². The van der Waals surface area contributed by atoms with Crippen LogP contribution in [0.25, 0.3) is 10.9 Å². The summed E-state index contributed by atoms with van der Waals surface area (Å²) in [6.07, 6.45) is 0.730. The Morgan fingerprint density at radius 2 is 2.17 bits per heavy atom. The van der Waals surface area contributed by atoms with E-state index in [-0.39, 0.29) is 5.75 Å². The lowest BCUT2D eigenvalue weighted by molar-refractivity contribution is -0.0489. The van der Waals surface area contributed by atoms with Gasteiger partial charge in [0.25, 0.3) is 0 Å². The molecular weight excluding hydrogens is 238 g/mol. The zero-order chi connectivity index (χ0) is 13.1. The Balaban J connectivity index is 2.66. The summed E-state index contributed by atoms with van der Waals surface area (Å²) in [5.74, 6) is 0.106. The van der Waals surface area contributed by atoms with Gasteiger partial charge in [-0.25, -0.2) is 4.98 Å². The van der Waals surface area contributed by atoms with Gasteiger partial charge in [-0.1, -0.05) is 19.1 Å². The number of para-hydroxylation sites is 1. The van der Waals surface area contributed by atoms with Gasteiger partial charge in [-0.05, 0) is 18.6 Å². The molecule has 0 spiro atoms. The fourth-order valence-corrected chi connectivity index (χ4v) is 1.85. The number of aromatic nitrogens is 1. The largest absolute Gasteiger partial charge is 0.432 e. The molecule has 2 aromatic rings. The molecule has 18 heavy (non-hydrogen) atoms. The zero-order valence-electron chi connectivity index (χ0n) is 10.2. The molecule has 0 radical (unpaired) electrons. The molecule has 0 fully saturated rings. The van der Waals surface area contributed by atoms with Crippen molar-refractivity contribution in [2.75, 3.05) is 12.4 Å². The quantitative estimate of drug-likeness (QED) is 0.905. The molecular formula is C13H14F2N2O. The van der Waals surface area contributed by atoms with Gasteiger partial charge in [-0.15, -0.1) is 0 Å². The van der Waals surface area contributed by atoms with E-state index in [2.05, 4.69) is 15.0 Å². The Bertz CT molecular complexity index is 558. The Morgan fingerprint density at radius 1 is 1.39 bits per heavy atom. The average molecular weight is 252 g/mol. The summed E-state index contributed by atoms with van der Waals surface area (Å²) in [4.78, 5) is 4.36. The maximum atomic E-state index is 12.3. The lowest BCUT2D eigenvalue weighted by Crippen LogP contribution is -2.04. The molecule has 0 saturated carbocycles. The maximum absolute atomic E-state index is 12.3. The van der Waals surface area contributed by atoms with Gasteiger partial charge in [0.1, 0.15) is 5.52 Å². The highest BCUT2D eigenvalue weighted by molar-refractivity contribution is 5.95. The van der Waals surface area contributed by atoms with E-state index in [1.807, 2.05) is 19.1 Å². The van der Waals surface area contributed by atoms with Crippen LogP contribution in [0.4, 0.5) is 14.5 Å². The number of nitrogens with zero attached hydrogens (tertiary/aromatic N) is 1. The van der Waals surface area contributed by atoms with Crippen molar-refractivity contribution < 1.29 is 13.5 Å². The van der Waals surface area contributed by atoms with Crippen LogP contribution in [-0.4, -0.2) is 18.6 Å². The highest BCUT2D eigenvalue weighted by atomic mass is 19.3. The smallest absolute Gasteiger partial charge is 0.387 e. The van der Waals surface area contributed by atoms with E-state index in [1.54, 1.807) is 13.1 Å². The minimum Gasteiger partial charge on any atom is -0.432 e. The van der Waals surface area contributed by atoms with Crippen LogP contribution in [0.2, 0.25) is 0 Å². The third-order valence-electron chi connectivity index (χ3n) is 2.70. The number of nitrogens with one attached hydrogen (secondary N) is 1. The molecule has 0 saturated heterocycles. The SMILES string of the molecule is CCc1cc(NC)c2cccc(OC(F)F)c2n1. The van der Waals surface area contributed by atoms with Gasteiger partial charge in [0.15, 0.2) is 5.75 Å². The van der Waals surface area contributed by atoms with Crippen molar-refractivity contribution in [3.63, 3.8) is 0 Å². The molecule has 1 N–H and O–H groups in total. The number of alkyl halides is 2. The van der Waals surface area contributed by atoms with Crippen LogP contribution < -0.4 is 10.1 Å². The second-order valence-electron chi connectivity index (χ2n) is 3.80. The highest BCUT2D eigenvalue weighted by Gasteiger charge is 2.12. The summed E-state index contributed by atoms with van der Waals surface area (Å²) in [5, 5.41) is 3.81. The lowest BCUT2D eigenvalue weighted by atomic mass is 10.1. The van der Waals surface area contributed by atoms with Crippen LogP contribution in [0.5, 0.6) is 5.75 Å². The number of anilines is 1. The van der Waals surface area contributed by atoms with Gasteiger partial charge >= 0.3 is 6.61 Å². The number of aryl methyl sites for hydroxylation is 1. The molecule has 0 aliphatic carbocycles. The Hall–Kier alpha value is -1.91. The number of fused-ring (bicyclic) bond motifs is 1. The molecule has 0 bridgehead atoms. The van der Waals surface area contributed by atoms with Crippen molar-refractivity contribution in [1.29, 1.82) is 0 Å². The van der Waals surface area contributed by atoms with Gasteiger partial charge < -0.3 is 10.1 Å². The summed E-state index contributed by atoms with van der Waals surface area (Å²) in [7, 11) is 1.79. The van der Waals surface area contributed by atoms with E-state index in [0.29, 0.717) is 5.52 Å². The van der Waals surface area contributed by atoms with E-state index in [9.17, 15) is 8.78 Å². The molecule has 96 valence electrons. The first kappa shape index (κ1) is 12.5. The van der Waals surface area contributed by atoms with Crippen LogP contribution in [0.3, 0.4) is 0 Å². The van der Waals surface area contributed by atoms with Crippen molar-refractivity contribution >= 4 is 16.6 Å². The third-order valence-corrected chi connectivity index (χ3v) is 2.70. The molecule has 0 atom stereocenters. The number of hydrogen-bond donors (Lipinski definition) is 1. The topological polar surface area (TPSA) is 34.1 Å². The molecule has 0 amide bonds. The van der Waals surface area contributed by atoms with Crippen LogP contribution in [0, 0.1) is 0 Å². The number of halogens is 2. The maximum Gasteiger partial charge on any atom is 0.387 e. The predicted octanol–water partition coefficient (Wildman–Crippen LogP) is 3.44. The number of rotatable bonds is 4. The van der Waals surface area contributed by atoms with Gasteiger partial charge in [-0.2, -0.15) is 8.78 Å². The summed E-state index contributed by atoms with van der Waals surface area (Å²) in [6.45, 7) is -0.884. The highest BCUT2D eigenvalue weighted by Crippen LogP contribution is 2.30. The van der Waals surface area contributed by atoms with Gasteiger partial charge in [-0.3, -0.25) is 0 Å². The molecule has 1 heterocycles. The molecule has 3 nitrogen and oxygen atoms in total. The van der Waals surface area contributed by atoms with E-state index >= 15 is 0 Å². The van der Waals surface area contributed by atoms with Gasteiger partial charge in [0, 0.05) is 23.8 Å². The fraction of sp³-hybridized carbons (Fsp3) is 0.308. The zero-order valence-corrected chi connectivity index (χ0v) is 10.2. The van der Waals surface area contributed by atoms with Gasteiger partial charge in [0.2, 0.25) is 0 Å². The molecule has 1 aromatic heterocycles. The molecule has 1 aromatic carbocycles. The number of hydrogen-bond acceptors (Lipinski definition) is 3.